The van der Waals surface area contributed by atoms with Crippen LogP contribution in [0.4, 0.5) is 0 Å². The van der Waals surface area contributed by atoms with Crippen LogP contribution in [0.5, 0.6) is 0 Å². The third kappa shape index (κ3) is 3.01. The first-order valence-electron chi connectivity index (χ1n) is 6.40. The van der Waals surface area contributed by atoms with Gasteiger partial charge in [0.25, 0.3) is 0 Å². The van der Waals surface area contributed by atoms with Gasteiger partial charge in [-0.3, -0.25) is 4.79 Å². The summed E-state index contributed by atoms with van der Waals surface area (Å²) in [4.78, 5) is 16.6. The first-order valence-corrected chi connectivity index (χ1v) is 6.40. The van der Waals surface area contributed by atoms with Crippen molar-refractivity contribution in [2.45, 2.75) is 32.3 Å². The number of ketones is 1. The third-order valence-electron chi connectivity index (χ3n) is 3.41. The molecule has 0 saturated carbocycles. The molecule has 4 heteroatoms. The van der Waals surface area contributed by atoms with Crippen LogP contribution >= 0.6 is 0 Å². The molecule has 4 nitrogen and oxygen atoms in total. The summed E-state index contributed by atoms with van der Waals surface area (Å²) in [6, 6.07) is 7.90. The van der Waals surface area contributed by atoms with E-state index < -0.39 is 5.60 Å². The van der Waals surface area contributed by atoms with E-state index in [0.29, 0.717) is 12.8 Å². The van der Waals surface area contributed by atoms with Crippen LogP contribution in [0.1, 0.15) is 26.1 Å². The topological polar surface area (TPSA) is 44.1 Å². The van der Waals surface area contributed by atoms with E-state index in [1.54, 1.807) is 7.11 Å². The Kier molecular flexibility index (Phi) is 3.71. The number of benzene rings is 1. The number of ether oxygens (including phenoxy) is 1. The minimum absolute atomic E-state index is 0.144. The van der Waals surface area contributed by atoms with Crippen LogP contribution in [0.3, 0.4) is 0 Å². The molecule has 0 bridgehead atoms. The molecule has 0 unspecified atom stereocenters. The lowest BCUT2D eigenvalue weighted by Crippen LogP contribution is -2.27. The molecule has 0 aliphatic carbocycles. The van der Waals surface area contributed by atoms with E-state index in [2.05, 4.69) is 4.98 Å². The summed E-state index contributed by atoms with van der Waals surface area (Å²) < 4.78 is 7.27. The third-order valence-corrected chi connectivity index (χ3v) is 3.41. The first kappa shape index (κ1) is 13.7. The molecular weight excluding hydrogens is 240 g/mol. The van der Waals surface area contributed by atoms with E-state index in [0.717, 1.165) is 16.9 Å². The molecule has 0 aliphatic heterocycles. The van der Waals surface area contributed by atoms with Crippen molar-refractivity contribution < 1.29 is 9.53 Å². The molecule has 0 amide bonds. The lowest BCUT2D eigenvalue weighted by molar-refractivity contribution is -0.123. The predicted molar refractivity (Wildman–Crippen MR) is 75.1 cm³/mol. The van der Waals surface area contributed by atoms with E-state index in [1.807, 2.05) is 49.7 Å². The number of methoxy groups -OCH3 is 1. The minimum Gasteiger partial charge on any atom is -0.378 e. The van der Waals surface area contributed by atoms with E-state index >= 15 is 0 Å². The number of aromatic nitrogens is 2. The van der Waals surface area contributed by atoms with Gasteiger partial charge in [-0.25, -0.2) is 4.98 Å². The number of Topliss-reactive ketones (excluding diaryl/α,β-unsaturated/α-hetero) is 1. The van der Waals surface area contributed by atoms with Gasteiger partial charge in [0.1, 0.15) is 11.6 Å². The molecule has 0 aliphatic rings. The lowest BCUT2D eigenvalue weighted by atomic mass is 10.00. The highest BCUT2D eigenvalue weighted by molar-refractivity contribution is 5.83. The molecule has 102 valence electrons. The van der Waals surface area contributed by atoms with Gasteiger partial charge in [-0.05, 0) is 26.0 Å². The Morgan fingerprint density at radius 3 is 2.68 bits per heavy atom. The fraction of sp³-hybridized carbons (Fsp3) is 0.467. The first-order chi connectivity index (χ1) is 8.93. The SMILES string of the molecule is COC(C)(C)CC(=O)Cc1nc2ccccc2n1C. The monoisotopic (exact) mass is 260 g/mol. The summed E-state index contributed by atoms with van der Waals surface area (Å²) in [7, 11) is 3.57. The Hall–Kier alpha value is -1.68. The van der Waals surface area contributed by atoms with Gasteiger partial charge in [-0.1, -0.05) is 12.1 Å². The highest BCUT2D eigenvalue weighted by Crippen LogP contribution is 2.18. The largest absolute Gasteiger partial charge is 0.378 e. The van der Waals surface area contributed by atoms with E-state index in [1.165, 1.54) is 0 Å². The van der Waals surface area contributed by atoms with Gasteiger partial charge in [0.05, 0.1) is 23.1 Å². The summed E-state index contributed by atoms with van der Waals surface area (Å²) in [5.74, 6) is 0.948. The Labute approximate surface area is 113 Å². The highest BCUT2D eigenvalue weighted by Gasteiger charge is 2.22. The Morgan fingerprint density at radius 2 is 2.05 bits per heavy atom. The van der Waals surface area contributed by atoms with Gasteiger partial charge in [0.15, 0.2) is 0 Å². The molecule has 19 heavy (non-hydrogen) atoms. The van der Waals surface area contributed by atoms with Crippen LogP contribution in [-0.2, 0) is 23.0 Å². The zero-order valence-corrected chi connectivity index (χ0v) is 11.9. The Balaban J connectivity index is 2.18. The van der Waals surface area contributed by atoms with Crippen molar-refractivity contribution >= 4 is 16.8 Å². The average molecular weight is 260 g/mol. The molecule has 0 spiro atoms. The van der Waals surface area contributed by atoms with Gasteiger partial charge >= 0.3 is 0 Å². The highest BCUT2D eigenvalue weighted by atomic mass is 16.5. The van der Waals surface area contributed by atoms with Crippen LogP contribution in [-0.4, -0.2) is 28.0 Å². The molecule has 0 atom stereocenters. The zero-order valence-electron chi connectivity index (χ0n) is 11.9. The molecule has 0 N–H and O–H groups in total. The average Bonchev–Trinajstić information content (AvgIpc) is 2.66. The number of rotatable bonds is 5. The summed E-state index contributed by atoms with van der Waals surface area (Å²) >= 11 is 0. The normalized spacial score (nSPS) is 12.0. The summed E-state index contributed by atoms with van der Waals surface area (Å²) in [5, 5.41) is 0. The van der Waals surface area contributed by atoms with Gasteiger partial charge in [0.2, 0.25) is 0 Å². The van der Waals surface area contributed by atoms with Crippen molar-refractivity contribution in [3.05, 3.63) is 30.1 Å². The predicted octanol–water partition coefficient (Wildman–Crippen LogP) is 2.50. The molecule has 2 aromatic rings. The van der Waals surface area contributed by atoms with E-state index in [9.17, 15) is 4.79 Å². The number of para-hydroxylation sites is 2. The second kappa shape index (κ2) is 5.13. The summed E-state index contributed by atoms with van der Waals surface area (Å²) in [6.07, 6.45) is 0.741. The quantitative estimate of drug-likeness (QED) is 0.829. The van der Waals surface area contributed by atoms with Crippen LogP contribution < -0.4 is 0 Å². The van der Waals surface area contributed by atoms with Crippen molar-refractivity contribution in [1.82, 2.24) is 9.55 Å². The zero-order chi connectivity index (χ0) is 14.0. The number of hydrogen-bond donors (Lipinski definition) is 0. The second-order valence-corrected chi connectivity index (χ2v) is 5.43. The number of imidazole rings is 1. The molecule has 2 rings (SSSR count). The van der Waals surface area contributed by atoms with Gasteiger partial charge in [-0.2, -0.15) is 0 Å². The van der Waals surface area contributed by atoms with Gasteiger partial charge < -0.3 is 9.30 Å². The molecule has 1 aromatic carbocycles. The maximum absolute atomic E-state index is 12.1. The van der Waals surface area contributed by atoms with Gasteiger partial charge in [-0.15, -0.1) is 0 Å². The number of carbonyl (C=O) groups excluding carboxylic acids is 1. The summed E-state index contributed by atoms with van der Waals surface area (Å²) in [5.41, 5.74) is 1.57. The van der Waals surface area contributed by atoms with Crippen molar-refractivity contribution in [2.24, 2.45) is 7.05 Å². The van der Waals surface area contributed by atoms with Crippen LogP contribution in [0, 0.1) is 0 Å². The van der Waals surface area contributed by atoms with Crippen LogP contribution in [0.15, 0.2) is 24.3 Å². The minimum atomic E-state index is -0.415. The number of nitrogens with zero attached hydrogens (tertiary/aromatic N) is 2. The molecule has 0 fully saturated rings. The Bertz CT molecular complexity index is 599. The maximum Gasteiger partial charge on any atom is 0.143 e. The number of fused-ring (bicyclic) bond motifs is 1. The number of hydrogen-bond acceptors (Lipinski definition) is 3. The number of aryl methyl sites for hydroxylation is 1. The van der Waals surface area contributed by atoms with Crippen molar-refractivity contribution in [3.8, 4) is 0 Å². The van der Waals surface area contributed by atoms with Crippen LogP contribution in [0.2, 0.25) is 0 Å². The molecule has 0 radical (unpaired) electrons. The van der Waals surface area contributed by atoms with E-state index in [-0.39, 0.29) is 5.78 Å². The molecule has 1 heterocycles. The fourth-order valence-electron chi connectivity index (χ4n) is 2.14. The Morgan fingerprint density at radius 1 is 1.37 bits per heavy atom. The molecule has 0 saturated heterocycles. The van der Waals surface area contributed by atoms with Crippen molar-refractivity contribution in [3.63, 3.8) is 0 Å². The molecule has 1 aromatic heterocycles. The van der Waals surface area contributed by atoms with Gasteiger partial charge in [0, 0.05) is 20.6 Å². The molecular formula is C15H20N2O2. The van der Waals surface area contributed by atoms with Crippen molar-refractivity contribution in [1.29, 1.82) is 0 Å². The van der Waals surface area contributed by atoms with Crippen molar-refractivity contribution in [2.75, 3.05) is 7.11 Å². The smallest absolute Gasteiger partial charge is 0.143 e. The standard InChI is InChI=1S/C15H20N2O2/c1-15(2,19-4)10-11(18)9-14-16-12-7-5-6-8-13(12)17(14)3/h5-8H,9-10H2,1-4H3. The maximum atomic E-state index is 12.1. The summed E-state index contributed by atoms with van der Waals surface area (Å²) in [6.45, 7) is 3.83. The lowest BCUT2D eigenvalue weighted by Gasteiger charge is -2.21. The fourth-order valence-corrected chi connectivity index (χ4v) is 2.14. The van der Waals surface area contributed by atoms with E-state index in [4.69, 9.17) is 4.74 Å². The van der Waals surface area contributed by atoms with Crippen LogP contribution in [0.25, 0.3) is 11.0 Å². The number of carbonyl (C=O) groups is 1. The second-order valence-electron chi connectivity index (χ2n) is 5.43.